The number of ether oxygens (including phenoxy) is 2. The summed E-state index contributed by atoms with van der Waals surface area (Å²) in [4.78, 5) is 13.0. The van der Waals surface area contributed by atoms with Gasteiger partial charge in [-0.15, -0.1) is 0 Å². The molecule has 0 aromatic carbocycles. The van der Waals surface area contributed by atoms with Crippen molar-refractivity contribution in [1.29, 1.82) is 0 Å². The number of unbranched alkanes of at least 4 members (excludes halogenated alkanes) is 23. The largest absolute Gasteiger partial charge is 0.394 e. The fraction of sp³-hybridized carbons (Fsp3) is 0.741. The zero-order chi connectivity index (χ0) is 48.7. The molecule has 67 heavy (non-hydrogen) atoms. The van der Waals surface area contributed by atoms with E-state index in [1.54, 1.807) is 6.08 Å². The third-order valence-corrected chi connectivity index (χ3v) is 12.5. The SMILES string of the molecule is CC/C=C\C/C=C\C/C=C\C/C=C\C/C=C\C/C=C\CCCCCCCCCCCCCCC(=O)NC(COC1OC(CO)C(O)C(O)C1O)C(O)/C=C/CCCCCCCCCCCCC. The van der Waals surface area contributed by atoms with Gasteiger partial charge in [0.2, 0.25) is 5.91 Å². The van der Waals surface area contributed by atoms with Gasteiger partial charge in [0.15, 0.2) is 6.29 Å². The molecule has 1 heterocycles. The zero-order valence-corrected chi connectivity index (χ0v) is 42.6. The quantitative estimate of drug-likeness (QED) is 0.0261. The Morgan fingerprint density at radius 2 is 0.925 bits per heavy atom. The molecule has 6 N–H and O–H groups in total. The van der Waals surface area contributed by atoms with Crippen LogP contribution in [0.25, 0.3) is 0 Å². The summed E-state index contributed by atoms with van der Waals surface area (Å²) in [6.45, 7) is 3.65. The number of aliphatic hydroxyl groups is 5. The Bertz CT molecular complexity index is 1320. The molecule has 1 saturated heterocycles. The maximum Gasteiger partial charge on any atom is 0.220 e. The molecule has 0 spiro atoms. The minimum absolute atomic E-state index is 0.183. The smallest absolute Gasteiger partial charge is 0.220 e. The lowest BCUT2D eigenvalue weighted by Crippen LogP contribution is -2.60. The predicted octanol–water partition coefficient (Wildman–Crippen LogP) is 13.1. The molecule has 386 valence electrons. The average molecular weight is 940 g/mol. The van der Waals surface area contributed by atoms with E-state index in [1.165, 1.54) is 122 Å². The summed E-state index contributed by atoms with van der Waals surface area (Å²) in [5, 5.41) is 54.3. The van der Waals surface area contributed by atoms with Gasteiger partial charge in [0.25, 0.3) is 0 Å². The van der Waals surface area contributed by atoms with Gasteiger partial charge in [0.1, 0.15) is 24.4 Å². The van der Waals surface area contributed by atoms with E-state index >= 15 is 0 Å². The number of hydrogen-bond donors (Lipinski definition) is 6. The second kappa shape index (κ2) is 47.1. The molecular formula is C58H101NO8. The van der Waals surface area contributed by atoms with Gasteiger partial charge in [0.05, 0.1) is 25.4 Å². The highest BCUT2D eigenvalue weighted by Crippen LogP contribution is 2.23. The Morgan fingerprint density at radius 3 is 1.37 bits per heavy atom. The van der Waals surface area contributed by atoms with Gasteiger partial charge in [-0.2, -0.15) is 0 Å². The molecule has 0 aromatic heterocycles. The van der Waals surface area contributed by atoms with Crippen LogP contribution in [-0.4, -0.2) is 87.5 Å². The fourth-order valence-electron chi connectivity index (χ4n) is 8.16. The van der Waals surface area contributed by atoms with Crippen LogP contribution in [0.4, 0.5) is 0 Å². The third kappa shape index (κ3) is 36.9. The van der Waals surface area contributed by atoms with Crippen molar-refractivity contribution in [2.24, 2.45) is 0 Å². The molecule has 0 saturated carbocycles. The minimum Gasteiger partial charge on any atom is -0.394 e. The molecule has 1 fully saturated rings. The Kier molecular flexibility index (Phi) is 43.8. The lowest BCUT2D eigenvalue weighted by Gasteiger charge is -2.40. The molecule has 9 heteroatoms. The maximum absolute atomic E-state index is 13.0. The molecule has 0 aliphatic carbocycles. The van der Waals surface area contributed by atoms with Crippen LogP contribution in [0.5, 0.6) is 0 Å². The van der Waals surface area contributed by atoms with E-state index in [4.69, 9.17) is 9.47 Å². The summed E-state index contributed by atoms with van der Waals surface area (Å²) in [6.07, 6.45) is 59.2. The number of carbonyl (C=O) groups is 1. The van der Waals surface area contributed by atoms with Crippen molar-refractivity contribution >= 4 is 5.91 Å². The normalized spacial score (nSPS) is 20.4. The van der Waals surface area contributed by atoms with Gasteiger partial charge in [-0.05, 0) is 70.6 Å². The van der Waals surface area contributed by atoms with Crippen molar-refractivity contribution < 1.29 is 39.8 Å². The van der Waals surface area contributed by atoms with E-state index in [2.05, 4.69) is 92.1 Å². The molecule has 1 aliphatic heterocycles. The number of rotatable bonds is 45. The highest BCUT2D eigenvalue weighted by molar-refractivity contribution is 5.76. The first-order chi connectivity index (χ1) is 32.8. The van der Waals surface area contributed by atoms with Crippen molar-refractivity contribution in [3.63, 3.8) is 0 Å². The zero-order valence-electron chi connectivity index (χ0n) is 42.6. The first-order valence-electron chi connectivity index (χ1n) is 27.3. The number of hydrogen-bond acceptors (Lipinski definition) is 8. The first kappa shape index (κ1) is 62.4. The first-order valence-corrected chi connectivity index (χ1v) is 27.3. The lowest BCUT2D eigenvalue weighted by atomic mass is 9.99. The third-order valence-electron chi connectivity index (χ3n) is 12.5. The molecule has 1 aliphatic rings. The Balaban J connectivity index is 2.19. The van der Waals surface area contributed by atoms with Gasteiger partial charge >= 0.3 is 0 Å². The van der Waals surface area contributed by atoms with Gasteiger partial charge in [-0.1, -0.05) is 227 Å². The van der Waals surface area contributed by atoms with E-state index in [0.29, 0.717) is 6.42 Å². The van der Waals surface area contributed by atoms with Crippen LogP contribution in [0.1, 0.15) is 219 Å². The number of amides is 1. The van der Waals surface area contributed by atoms with Crippen LogP contribution < -0.4 is 5.32 Å². The number of allylic oxidation sites excluding steroid dienone is 13. The maximum atomic E-state index is 13.0. The summed E-state index contributed by atoms with van der Waals surface area (Å²) in [6, 6.07) is -0.809. The van der Waals surface area contributed by atoms with Gasteiger partial charge in [-0.25, -0.2) is 0 Å². The van der Waals surface area contributed by atoms with Crippen molar-refractivity contribution in [2.45, 2.75) is 262 Å². The molecule has 1 rings (SSSR count). The summed E-state index contributed by atoms with van der Waals surface area (Å²) in [5.74, 6) is -0.183. The second-order valence-corrected chi connectivity index (χ2v) is 18.6. The van der Waals surface area contributed by atoms with Gasteiger partial charge < -0.3 is 40.3 Å². The number of nitrogens with one attached hydrogen (secondary N) is 1. The molecule has 0 radical (unpaired) electrons. The Morgan fingerprint density at radius 1 is 0.522 bits per heavy atom. The van der Waals surface area contributed by atoms with Gasteiger partial charge in [0, 0.05) is 6.42 Å². The molecule has 0 bridgehead atoms. The summed E-state index contributed by atoms with van der Waals surface area (Å²) < 4.78 is 11.2. The van der Waals surface area contributed by atoms with E-state index < -0.39 is 49.5 Å². The second-order valence-electron chi connectivity index (χ2n) is 18.6. The Labute approximate surface area is 410 Å². The van der Waals surface area contributed by atoms with Crippen LogP contribution in [-0.2, 0) is 14.3 Å². The highest BCUT2D eigenvalue weighted by atomic mass is 16.7. The van der Waals surface area contributed by atoms with Crippen LogP contribution in [0, 0.1) is 0 Å². The van der Waals surface area contributed by atoms with Crippen molar-refractivity contribution in [1.82, 2.24) is 5.32 Å². The molecule has 1 amide bonds. The molecule has 9 nitrogen and oxygen atoms in total. The number of carbonyl (C=O) groups excluding carboxylic acids is 1. The van der Waals surface area contributed by atoms with E-state index in [1.807, 2.05) is 6.08 Å². The Hall–Kier alpha value is -2.63. The van der Waals surface area contributed by atoms with Crippen molar-refractivity contribution in [3.8, 4) is 0 Å². The van der Waals surface area contributed by atoms with Crippen LogP contribution >= 0.6 is 0 Å². The summed E-state index contributed by atoms with van der Waals surface area (Å²) in [5.41, 5.74) is 0. The summed E-state index contributed by atoms with van der Waals surface area (Å²) >= 11 is 0. The molecule has 0 aromatic rings. The van der Waals surface area contributed by atoms with Gasteiger partial charge in [-0.3, -0.25) is 4.79 Å². The van der Waals surface area contributed by atoms with Crippen LogP contribution in [0.2, 0.25) is 0 Å². The molecule has 7 atom stereocenters. The molecule has 7 unspecified atom stereocenters. The average Bonchev–Trinajstić information content (AvgIpc) is 3.33. The number of aliphatic hydroxyl groups excluding tert-OH is 5. The van der Waals surface area contributed by atoms with E-state index in [0.717, 1.165) is 77.0 Å². The molecular weight excluding hydrogens is 839 g/mol. The highest BCUT2D eigenvalue weighted by Gasteiger charge is 2.44. The topological polar surface area (TPSA) is 149 Å². The van der Waals surface area contributed by atoms with E-state index in [-0.39, 0.29) is 12.5 Å². The minimum atomic E-state index is -1.57. The van der Waals surface area contributed by atoms with Crippen molar-refractivity contribution in [2.75, 3.05) is 13.2 Å². The summed E-state index contributed by atoms with van der Waals surface area (Å²) in [7, 11) is 0. The van der Waals surface area contributed by atoms with Crippen LogP contribution in [0.3, 0.4) is 0 Å². The van der Waals surface area contributed by atoms with Crippen molar-refractivity contribution in [3.05, 3.63) is 85.1 Å². The lowest BCUT2D eigenvalue weighted by molar-refractivity contribution is -0.302. The predicted molar refractivity (Wildman–Crippen MR) is 281 cm³/mol. The fourth-order valence-corrected chi connectivity index (χ4v) is 8.16. The standard InChI is InChI=1S/C58H101NO8/c1-3-5-7-9-11-13-15-17-18-19-20-21-22-23-24-25-26-27-28-29-30-31-32-33-34-36-38-40-42-44-46-48-54(62)59-51(50-66-58-57(65)56(64)55(63)53(49-60)67-58)52(61)47-45-43-41-39-37-35-16-14-12-10-8-6-4-2/h5,7,11,13,17-18,20-21,23-24,26-27,45,47,51-53,55-58,60-61,63-65H,3-4,6,8-10,12,14-16,19,22,25,28-44,46,48-50H2,1-2H3,(H,59,62)/b7-5-,13-11-,18-17-,21-20-,24-23-,27-26-,47-45+. The van der Waals surface area contributed by atoms with E-state index in [9.17, 15) is 30.3 Å². The monoisotopic (exact) mass is 940 g/mol. The van der Waals surface area contributed by atoms with Crippen LogP contribution in [0.15, 0.2) is 85.1 Å².